The molecule has 1 aromatic carbocycles. The Morgan fingerprint density at radius 2 is 2.28 bits per heavy atom. The second-order valence-electron chi connectivity index (χ2n) is 4.63. The molecule has 0 aliphatic heterocycles. The van der Waals surface area contributed by atoms with E-state index < -0.39 is 0 Å². The molecule has 0 spiro atoms. The fourth-order valence-electron chi connectivity index (χ4n) is 2.51. The predicted molar refractivity (Wildman–Crippen MR) is 68.2 cm³/mol. The van der Waals surface area contributed by atoms with Gasteiger partial charge in [0.15, 0.2) is 5.82 Å². The lowest BCUT2D eigenvalue weighted by atomic mass is 10.1. The number of amides is 1. The smallest absolute Gasteiger partial charge is 0.287 e. The number of carbonyl (C=O) groups is 1. The number of nitrogens with one attached hydrogen (secondary N) is 1. The van der Waals surface area contributed by atoms with E-state index in [9.17, 15) is 4.79 Å². The number of carbonyl (C=O) groups excluding carboxylic acids is 1. The van der Waals surface area contributed by atoms with Crippen molar-refractivity contribution in [2.75, 3.05) is 0 Å². The zero-order chi connectivity index (χ0) is 12.5. The molecule has 0 fully saturated rings. The van der Waals surface area contributed by atoms with E-state index in [4.69, 9.17) is 0 Å². The highest BCUT2D eigenvalue weighted by Crippen LogP contribution is 2.30. The summed E-state index contributed by atoms with van der Waals surface area (Å²) >= 11 is 0. The average Bonchev–Trinajstić information content (AvgIpc) is 2.97. The van der Waals surface area contributed by atoms with Crippen molar-refractivity contribution in [3.8, 4) is 0 Å². The molecule has 4 nitrogen and oxygen atoms in total. The van der Waals surface area contributed by atoms with Gasteiger partial charge in [0.05, 0.1) is 6.04 Å². The topological polar surface area (TPSA) is 46.9 Å². The minimum Gasteiger partial charge on any atom is -0.343 e. The molecule has 0 radical (unpaired) electrons. The van der Waals surface area contributed by atoms with Crippen molar-refractivity contribution >= 4 is 5.91 Å². The standard InChI is InChI=1S/C14H15N3O/c1-17-9-8-15-13(17)14(18)16-12-7-6-10-4-2-3-5-11(10)12/h2-5,8-9,12H,6-7H2,1H3,(H,16,18)/t12-/m0/s1. The van der Waals surface area contributed by atoms with Gasteiger partial charge >= 0.3 is 0 Å². The Bertz CT molecular complexity index is 588. The van der Waals surface area contributed by atoms with Gasteiger partial charge in [0.1, 0.15) is 0 Å². The zero-order valence-corrected chi connectivity index (χ0v) is 10.3. The second-order valence-corrected chi connectivity index (χ2v) is 4.63. The summed E-state index contributed by atoms with van der Waals surface area (Å²) in [4.78, 5) is 16.2. The van der Waals surface area contributed by atoms with Crippen LogP contribution in [-0.2, 0) is 13.5 Å². The van der Waals surface area contributed by atoms with Crippen molar-refractivity contribution in [2.45, 2.75) is 18.9 Å². The van der Waals surface area contributed by atoms with E-state index in [-0.39, 0.29) is 11.9 Å². The van der Waals surface area contributed by atoms with Gasteiger partial charge in [-0.15, -0.1) is 0 Å². The van der Waals surface area contributed by atoms with Crippen molar-refractivity contribution in [3.63, 3.8) is 0 Å². The second kappa shape index (κ2) is 4.29. The highest BCUT2D eigenvalue weighted by Gasteiger charge is 2.24. The highest BCUT2D eigenvalue weighted by molar-refractivity contribution is 5.91. The molecule has 92 valence electrons. The summed E-state index contributed by atoms with van der Waals surface area (Å²) in [6, 6.07) is 8.39. The minimum absolute atomic E-state index is 0.107. The van der Waals surface area contributed by atoms with Crippen LogP contribution in [0.4, 0.5) is 0 Å². The van der Waals surface area contributed by atoms with Crippen LogP contribution in [0.3, 0.4) is 0 Å². The molecule has 0 saturated heterocycles. The number of aromatic nitrogens is 2. The van der Waals surface area contributed by atoms with Gasteiger partial charge in [-0.3, -0.25) is 4.79 Å². The zero-order valence-electron chi connectivity index (χ0n) is 10.3. The highest BCUT2D eigenvalue weighted by atomic mass is 16.2. The van der Waals surface area contributed by atoms with E-state index in [1.54, 1.807) is 17.0 Å². The maximum absolute atomic E-state index is 12.1. The van der Waals surface area contributed by atoms with Gasteiger partial charge in [0.25, 0.3) is 5.91 Å². The summed E-state index contributed by atoms with van der Waals surface area (Å²) in [7, 11) is 1.82. The lowest BCUT2D eigenvalue weighted by Gasteiger charge is -2.13. The molecule has 0 saturated carbocycles. The molecule has 1 N–H and O–H groups in total. The molecule has 3 rings (SSSR count). The van der Waals surface area contributed by atoms with Crippen LogP contribution in [0.25, 0.3) is 0 Å². The van der Waals surface area contributed by atoms with Gasteiger partial charge < -0.3 is 9.88 Å². The van der Waals surface area contributed by atoms with Crippen molar-refractivity contribution in [3.05, 3.63) is 53.6 Å². The molecular formula is C14H15N3O. The summed E-state index contributed by atoms with van der Waals surface area (Å²) in [5.74, 6) is 0.351. The molecule has 1 aliphatic carbocycles. The van der Waals surface area contributed by atoms with Crippen LogP contribution >= 0.6 is 0 Å². The van der Waals surface area contributed by atoms with Crippen LogP contribution in [-0.4, -0.2) is 15.5 Å². The number of nitrogens with zero attached hydrogens (tertiary/aromatic N) is 2. The molecule has 1 atom stereocenters. The van der Waals surface area contributed by atoms with Crippen LogP contribution in [0, 0.1) is 0 Å². The van der Waals surface area contributed by atoms with Crippen molar-refractivity contribution < 1.29 is 4.79 Å². The van der Waals surface area contributed by atoms with E-state index in [0.717, 1.165) is 12.8 Å². The Hall–Kier alpha value is -2.10. The maximum Gasteiger partial charge on any atom is 0.287 e. The van der Waals surface area contributed by atoms with Crippen LogP contribution < -0.4 is 5.32 Å². The number of rotatable bonds is 2. The van der Waals surface area contributed by atoms with Crippen molar-refractivity contribution in [1.82, 2.24) is 14.9 Å². The number of benzene rings is 1. The first-order chi connectivity index (χ1) is 8.75. The number of fused-ring (bicyclic) bond motifs is 1. The van der Waals surface area contributed by atoms with Gasteiger partial charge in [-0.05, 0) is 24.0 Å². The third kappa shape index (κ3) is 1.79. The molecule has 4 heteroatoms. The number of hydrogen-bond acceptors (Lipinski definition) is 2. The van der Waals surface area contributed by atoms with Crippen LogP contribution in [0.5, 0.6) is 0 Å². The van der Waals surface area contributed by atoms with Gasteiger partial charge in [0, 0.05) is 19.4 Å². The molecular weight excluding hydrogens is 226 g/mol. The Morgan fingerprint density at radius 1 is 1.44 bits per heavy atom. The lowest BCUT2D eigenvalue weighted by Crippen LogP contribution is -2.29. The van der Waals surface area contributed by atoms with Crippen molar-refractivity contribution in [1.29, 1.82) is 0 Å². The Kier molecular flexibility index (Phi) is 2.63. The summed E-state index contributed by atoms with van der Waals surface area (Å²) in [6.07, 6.45) is 5.41. The predicted octanol–water partition coefficient (Wildman–Crippen LogP) is 1.84. The lowest BCUT2D eigenvalue weighted by molar-refractivity contribution is 0.0923. The Morgan fingerprint density at radius 3 is 3.06 bits per heavy atom. The monoisotopic (exact) mass is 241 g/mol. The summed E-state index contributed by atoms with van der Waals surface area (Å²) in [5.41, 5.74) is 2.57. The first-order valence-electron chi connectivity index (χ1n) is 6.11. The molecule has 0 unspecified atom stereocenters. The normalized spacial score (nSPS) is 17.5. The Balaban J connectivity index is 1.79. The van der Waals surface area contributed by atoms with Gasteiger partial charge in [-0.2, -0.15) is 0 Å². The summed E-state index contributed by atoms with van der Waals surface area (Å²) < 4.78 is 1.73. The SMILES string of the molecule is Cn1ccnc1C(=O)N[C@H]1CCc2ccccc21. The molecule has 0 bridgehead atoms. The largest absolute Gasteiger partial charge is 0.343 e. The number of aryl methyl sites for hydroxylation is 2. The third-order valence-electron chi connectivity index (χ3n) is 3.46. The Labute approximate surface area is 106 Å². The van der Waals surface area contributed by atoms with Crippen molar-refractivity contribution in [2.24, 2.45) is 7.05 Å². The van der Waals surface area contributed by atoms with E-state index in [1.807, 2.05) is 19.2 Å². The molecule has 1 aromatic heterocycles. The van der Waals surface area contributed by atoms with Crippen LogP contribution in [0.2, 0.25) is 0 Å². The molecule has 2 aromatic rings. The summed E-state index contributed by atoms with van der Waals surface area (Å²) in [6.45, 7) is 0. The number of hydrogen-bond donors (Lipinski definition) is 1. The summed E-state index contributed by atoms with van der Waals surface area (Å²) in [5, 5.41) is 3.06. The molecule has 18 heavy (non-hydrogen) atoms. The van der Waals surface area contributed by atoms with Crippen LogP contribution in [0.1, 0.15) is 34.2 Å². The van der Waals surface area contributed by atoms with E-state index in [1.165, 1.54) is 11.1 Å². The van der Waals surface area contributed by atoms with Crippen LogP contribution in [0.15, 0.2) is 36.7 Å². The molecule has 1 heterocycles. The average molecular weight is 241 g/mol. The third-order valence-corrected chi connectivity index (χ3v) is 3.46. The first-order valence-corrected chi connectivity index (χ1v) is 6.11. The maximum atomic E-state index is 12.1. The van der Waals surface area contributed by atoms with Gasteiger partial charge in [-0.1, -0.05) is 24.3 Å². The minimum atomic E-state index is -0.107. The fourth-order valence-corrected chi connectivity index (χ4v) is 2.51. The first kappa shape index (κ1) is 11.0. The molecule has 1 aliphatic rings. The van der Waals surface area contributed by atoms with Gasteiger partial charge in [-0.25, -0.2) is 4.98 Å². The van der Waals surface area contributed by atoms with E-state index in [0.29, 0.717) is 5.82 Å². The van der Waals surface area contributed by atoms with E-state index in [2.05, 4.69) is 22.4 Å². The van der Waals surface area contributed by atoms with Gasteiger partial charge in [0.2, 0.25) is 0 Å². The van der Waals surface area contributed by atoms with E-state index >= 15 is 0 Å². The fraction of sp³-hybridized carbons (Fsp3) is 0.286. The number of imidazole rings is 1. The quantitative estimate of drug-likeness (QED) is 0.872. The molecule has 1 amide bonds.